The molecule has 38 heavy (non-hydrogen) atoms. The van der Waals surface area contributed by atoms with E-state index in [9.17, 15) is 28.7 Å². The molecule has 0 spiro atoms. The van der Waals surface area contributed by atoms with Crippen LogP contribution in [0.5, 0.6) is 0 Å². The highest BCUT2D eigenvalue weighted by Gasteiger charge is 2.41. The van der Waals surface area contributed by atoms with E-state index in [-0.39, 0.29) is 37.6 Å². The average molecular weight is 531 g/mol. The molecule has 0 unspecified atom stereocenters. The van der Waals surface area contributed by atoms with Gasteiger partial charge < -0.3 is 29.1 Å². The number of anilines is 1. The third-order valence-electron chi connectivity index (χ3n) is 5.45. The van der Waals surface area contributed by atoms with Crippen LogP contribution in [0, 0.1) is 5.82 Å². The molecule has 0 bridgehead atoms. The number of carbonyl (C=O) groups is 4. The maximum absolute atomic E-state index is 14.5. The lowest BCUT2D eigenvalue weighted by molar-refractivity contribution is -0.177. The van der Waals surface area contributed by atoms with Gasteiger partial charge in [0.25, 0.3) is 11.8 Å². The molecule has 3 rings (SSSR count). The molecule has 204 valence electrons. The Kier molecular flexibility index (Phi) is 9.18. The average Bonchev–Trinajstić information content (AvgIpc) is 2.86. The Morgan fingerprint density at radius 2 is 1.87 bits per heavy atom. The summed E-state index contributed by atoms with van der Waals surface area (Å²) in [6, 6.07) is 12.3. The number of ether oxygens (including phenoxy) is 3. The number of carbonyl (C=O) groups excluding carboxylic acids is 4. The number of amides is 2. The molecule has 10 nitrogen and oxygen atoms in total. The zero-order valence-electron chi connectivity index (χ0n) is 21.7. The Morgan fingerprint density at radius 1 is 1.18 bits per heavy atom. The number of hydrogen-bond acceptors (Lipinski definition) is 8. The summed E-state index contributed by atoms with van der Waals surface area (Å²) in [6.45, 7) is 4.44. The van der Waals surface area contributed by atoms with Gasteiger partial charge in [-0.05, 0) is 44.5 Å². The fraction of sp³-hybridized carbons (Fsp3) is 0.407. The van der Waals surface area contributed by atoms with Crippen LogP contribution in [0.25, 0.3) is 0 Å². The first-order valence-corrected chi connectivity index (χ1v) is 12.0. The summed E-state index contributed by atoms with van der Waals surface area (Å²) in [4.78, 5) is 52.7. The number of benzene rings is 2. The molecule has 2 amide bonds. The van der Waals surface area contributed by atoms with Gasteiger partial charge in [-0.3, -0.25) is 14.4 Å². The van der Waals surface area contributed by atoms with Gasteiger partial charge in [0.05, 0.1) is 6.61 Å². The van der Waals surface area contributed by atoms with Crippen LogP contribution in [-0.4, -0.2) is 78.3 Å². The molecule has 11 heteroatoms. The van der Waals surface area contributed by atoms with Crippen LogP contribution in [0.3, 0.4) is 0 Å². The predicted octanol–water partition coefficient (Wildman–Crippen LogP) is 2.08. The number of morpholine rings is 1. The standard InChI is InChI=1S/C27H31FN2O8/c1-27(2,3)38-26(35)22(32)23-25(34)30(10-11-36-23)20-13-18(12-19(28)14-20)24(33)29(4)15-21(31)37-16-17-8-6-5-7-9-17/h5-9,12-14,22-23,32H,10-11,15-16H2,1-4H3/t22-,23-/m1/s1. The summed E-state index contributed by atoms with van der Waals surface area (Å²) in [7, 11) is 1.36. The second kappa shape index (κ2) is 12.1. The van der Waals surface area contributed by atoms with Crippen molar-refractivity contribution in [3.8, 4) is 0 Å². The Labute approximate surface area is 219 Å². The van der Waals surface area contributed by atoms with Crippen LogP contribution in [0.2, 0.25) is 0 Å². The number of aliphatic hydroxyl groups excluding tert-OH is 1. The maximum atomic E-state index is 14.5. The Bertz CT molecular complexity index is 1180. The quantitative estimate of drug-likeness (QED) is 0.515. The van der Waals surface area contributed by atoms with Crippen LogP contribution < -0.4 is 4.90 Å². The predicted molar refractivity (Wildman–Crippen MR) is 134 cm³/mol. The lowest BCUT2D eigenvalue weighted by Gasteiger charge is -2.34. The zero-order chi connectivity index (χ0) is 28.0. The second-order valence-corrected chi connectivity index (χ2v) is 9.77. The van der Waals surface area contributed by atoms with Crippen molar-refractivity contribution in [3.05, 3.63) is 65.5 Å². The Morgan fingerprint density at radius 3 is 2.53 bits per heavy atom. The van der Waals surface area contributed by atoms with Gasteiger partial charge in [0.2, 0.25) is 0 Å². The molecule has 1 saturated heterocycles. The largest absolute Gasteiger partial charge is 0.459 e. The topological polar surface area (TPSA) is 123 Å². The summed E-state index contributed by atoms with van der Waals surface area (Å²) in [5, 5.41) is 10.4. The van der Waals surface area contributed by atoms with E-state index in [4.69, 9.17) is 14.2 Å². The molecule has 1 heterocycles. The highest BCUT2D eigenvalue weighted by Crippen LogP contribution is 2.24. The van der Waals surface area contributed by atoms with Crippen LogP contribution in [0.15, 0.2) is 48.5 Å². The smallest absolute Gasteiger partial charge is 0.338 e. The highest BCUT2D eigenvalue weighted by atomic mass is 19.1. The van der Waals surface area contributed by atoms with Gasteiger partial charge in [0.15, 0.2) is 12.2 Å². The van der Waals surface area contributed by atoms with Gasteiger partial charge in [-0.15, -0.1) is 0 Å². The van der Waals surface area contributed by atoms with Gasteiger partial charge >= 0.3 is 11.9 Å². The molecule has 2 atom stereocenters. The van der Waals surface area contributed by atoms with E-state index in [2.05, 4.69) is 0 Å². The number of rotatable bonds is 8. The minimum absolute atomic E-state index is 0.00485. The Hall–Kier alpha value is -3.83. The number of aliphatic hydroxyl groups is 1. The summed E-state index contributed by atoms with van der Waals surface area (Å²) in [5.41, 5.74) is -0.187. The molecule has 1 N–H and O–H groups in total. The molecule has 0 radical (unpaired) electrons. The van der Waals surface area contributed by atoms with Gasteiger partial charge in [-0.25, -0.2) is 9.18 Å². The van der Waals surface area contributed by atoms with Crippen molar-refractivity contribution < 1.29 is 42.9 Å². The molecular formula is C27H31FN2O8. The van der Waals surface area contributed by atoms with E-state index >= 15 is 0 Å². The monoisotopic (exact) mass is 530 g/mol. The van der Waals surface area contributed by atoms with Crippen LogP contribution in [0.1, 0.15) is 36.7 Å². The molecule has 2 aromatic rings. The summed E-state index contributed by atoms with van der Waals surface area (Å²) in [6.07, 6.45) is -3.46. The van der Waals surface area contributed by atoms with Crippen molar-refractivity contribution in [2.24, 2.45) is 0 Å². The first-order valence-electron chi connectivity index (χ1n) is 12.0. The molecular weight excluding hydrogens is 499 g/mol. The minimum atomic E-state index is -1.90. The lowest BCUT2D eigenvalue weighted by Crippen LogP contribution is -2.55. The third-order valence-corrected chi connectivity index (χ3v) is 5.45. The second-order valence-electron chi connectivity index (χ2n) is 9.77. The van der Waals surface area contributed by atoms with Crippen LogP contribution in [0.4, 0.5) is 10.1 Å². The SMILES string of the molecule is CN(CC(=O)OCc1ccccc1)C(=O)c1cc(F)cc(N2CCO[C@H]([C@@H](O)C(=O)OC(C)(C)C)C2=O)c1. The number of likely N-dealkylation sites (N-methyl/N-ethyl adjacent to an activating group) is 1. The third kappa shape index (κ3) is 7.59. The number of halogens is 1. The van der Waals surface area contributed by atoms with Crippen molar-refractivity contribution >= 4 is 29.4 Å². The van der Waals surface area contributed by atoms with Gasteiger partial charge in [-0.2, -0.15) is 0 Å². The van der Waals surface area contributed by atoms with Gasteiger partial charge in [0, 0.05) is 24.8 Å². The maximum Gasteiger partial charge on any atom is 0.338 e. The molecule has 2 aromatic carbocycles. The fourth-order valence-corrected chi connectivity index (χ4v) is 3.70. The first kappa shape index (κ1) is 28.7. The number of hydrogen-bond donors (Lipinski definition) is 1. The molecule has 1 aliphatic rings. The van der Waals surface area contributed by atoms with Crippen molar-refractivity contribution in [3.63, 3.8) is 0 Å². The van der Waals surface area contributed by atoms with Crippen molar-refractivity contribution in [1.82, 2.24) is 4.90 Å². The summed E-state index contributed by atoms with van der Waals surface area (Å²) in [5.74, 6) is -3.95. The van der Waals surface area contributed by atoms with Gasteiger partial charge in [-0.1, -0.05) is 30.3 Å². The van der Waals surface area contributed by atoms with Gasteiger partial charge in [0.1, 0.15) is 24.6 Å². The first-order chi connectivity index (χ1) is 17.9. The molecule has 0 saturated carbocycles. The van der Waals surface area contributed by atoms with Crippen molar-refractivity contribution in [1.29, 1.82) is 0 Å². The van der Waals surface area contributed by atoms with E-state index in [1.165, 1.54) is 13.1 Å². The number of nitrogens with zero attached hydrogens (tertiary/aromatic N) is 2. The molecule has 1 fully saturated rings. The molecule has 0 aliphatic carbocycles. The Balaban J connectivity index is 1.69. The normalized spacial score (nSPS) is 16.5. The fourth-order valence-electron chi connectivity index (χ4n) is 3.70. The van der Waals surface area contributed by atoms with Crippen LogP contribution >= 0.6 is 0 Å². The van der Waals surface area contributed by atoms with Crippen LogP contribution in [-0.2, 0) is 35.2 Å². The summed E-state index contributed by atoms with van der Waals surface area (Å²) >= 11 is 0. The van der Waals surface area contributed by atoms with Crippen molar-refractivity contribution in [2.75, 3.05) is 31.6 Å². The van der Waals surface area contributed by atoms with E-state index in [0.717, 1.165) is 27.5 Å². The van der Waals surface area contributed by atoms with E-state index < -0.39 is 47.4 Å². The lowest BCUT2D eigenvalue weighted by atomic mass is 10.1. The van der Waals surface area contributed by atoms with E-state index in [1.54, 1.807) is 45.0 Å². The van der Waals surface area contributed by atoms with Crippen molar-refractivity contribution in [2.45, 2.75) is 45.2 Å². The zero-order valence-corrected chi connectivity index (χ0v) is 21.7. The van der Waals surface area contributed by atoms with E-state index in [0.29, 0.717) is 0 Å². The van der Waals surface area contributed by atoms with E-state index in [1.807, 2.05) is 6.07 Å². The molecule has 1 aliphatic heterocycles. The minimum Gasteiger partial charge on any atom is -0.459 e. The highest BCUT2D eigenvalue weighted by molar-refractivity contribution is 6.02. The molecule has 0 aromatic heterocycles. The summed E-state index contributed by atoms with van der Waals surface area (Å²) < 4.78 is 30.2. The number of esters is 2.